The first kappa shape index (κ1) is 15.7. The Labute approximate surface area is 128 Å². The molecule has 2 aromatic carbocycles. The van der Waals surface area contributed by atoms with Crippen LogP contribution in [0.25, 0.3) is 0 Å². The molecule has 0 N–H and O–H groups in total. The first-order valence-electron chi connectivity index (χ1n) is 7.53. The van der Waals surface area contributed by atoms with Crippen molar-refractivity contribution in [3.05, 3.63) is 71.8 Å². The van der Waals surface area contributed by atoms with E-state index in [0.717, 1.165) is 6.42 Å². The minimum absolute atomic E-state index is 0.0734. The second-order valence-electron chi connectivity index (χ2n) is 5.62. The zero-order valence-corrected chi connectivity index (χ0v) is 13.3. The van der Waals surface area contributed by atoms with Crippen LogP contribution in [0.5, 0.6) is 0 Å². The Hall–Kier alpha value is -1.64. The van der Waals surface area contributed by atoms with Gasteiger partial charge in [0.25, 0.3) is 0 Å². The molecule has 2 aromatic rings. The third-order valence-corrected chi connectivity index (χ3v) is 4.20. The van der Waals surface area contributed by atoms with Crippen molar-refractivity contribution in [2.75, 3.05) is 20.7 Å². The van der Waals surface area contributed by atoms with Crippen LogP contribution < -0.4 is 0 Å². The lowest BCUT2D eigenvalue weighted by Gasteiger charge is -2.39. The molecule has 2 heteroatoms. The Morgan fingerprint density at radius 2 is 1.48 bits per heavy atom. The summed E-state index contributed by atoms with van der Waals surface area (Å²) >= 11 is 0. The zero-order chi connectivity index (χ0) is 15.1. The number of hydrogen-bond acceptors (Lipinski definition) is 2. The van der Waals surface area contributed by atoms with Crippen LogP contribution in [0, 0.1) is 0 Å². The smallest absolute Gasteiger partial charge is 0.0717 e. The highest BCUT2D eigenvalue weighted by Crippen LogP contribution is 2.30. The standard InChI is InChI=1S/C19H25NO/c1-4-19(20(2)3,18-13-9-6-10-14-18)16-21-15-17-11-7-5-8-12-17/h5-14H,4,15-16H2,1-3H3. The summed E-state index contributed by atoms with van der Waals surface area (Å²) in [6.07, 6.45) is 1.01. The van der Waals surface area contributed by atoms with Gasteiger partial charge >= 0.3 is 0 Å². The molecule has 2 nitrogen and oxygen atoms in total. The molecule has 0 aliphatic carbocycles. The van der Waals surface area contributed by atoms with Gasteiger partial charge in [-0.1, -0.05) is 67.6 Å². The van der Waals surface area contributed by atoms with Crippen LogP contribution in [-0.4, -0.2) is 25.6 Å². The number of likely N-dealkylation sites (N-methyl/N-ethyl adjacent to an activating group) is 1. The van der Waals surface area contributed by atoms with E-state index in [-0.39, 0.29) is 5.54 Å². The second kappa shape index (κ2) is 7.39. The molecule has 0 aliphatic heterocycles. The van der Waals surface area contributed by atoms with Gasteiger partial charge in [-0.25, -0.2) is 0 Å². The Kier molecular flexibility index (Phi) is 5.54. The highest BCUT2D eigenvalue weighted by molar-refractivity contribution is 5.24. The van der Waals surface area contributed by atoms with Crippen molar-refractivity contribution in [3.8, 4) is 0 Å². The molecule has 0 radical (unpaired) electrons. The molecule has 1 atom stereocenters. The fourth-order valence-corrected chi connectivity index (χ4v) is 2.75. The van der Waals surface area contributed by atoms with Crippen LogP contribution in [-0.2, 0) is 16.9 Å². The van der Waals surface area contributed by atoms with Gasteiger partial charge in [0.15, 0.2) is 0 Å². The van der Waals surface area contributed by atoms with E-state index in [1.54, 1.807) is 0 Å². The van der Waals surface area contributed by atoms with Gasteiger partial charge in [0.05, 0.1) is 18.8 Å². The fourth-order valence-electron chi connectivity index (χ4n) is 2.75. The van der Waals surface area contributed by atoms with Gasteiger partial charge in [0.2, 0.25) is 0 Å². The maximum atomic E-state index is 6.05. The number of hydrogen-bond donors (Lipinski definition) is 0. The van der Waals surface area contributed by atoms with Crippen LogP contribution >= 0.6 is 0 Å². The Balaban J connectivity index is 2.10. The topological polar surface area (TPSA) is 12.5 Å². The number of ether oxygens (including phenoxy) is 1. The summed E-state index contributed by atoms with van der Waals surface area (Å²) in [5.74, 6) is 0. The Bertz CT molecular complexity index is 524. The zero-order valence-electron chi connectivity index (χ0n) is 13.3. The van der Waals surface area contributed by atoms with Gasteiger partial charge in [-0.2, -0.15) is 0 Å². The predicted octanol–water partition coefficient (Wildman–Crippen LogP) is 4.07. The van der Waals surface area contributed by atoms with E-state index in [4.69, 9.17) is 4.74 Å². The van der Waals surface area contributed by atoms with E-state index >= 15 is 0 Å². The fraction of sp³-hybridized carbons (Fsp3) is 0.368. The summed E-state index contributed by atoms with van der Waals surface area (Å²) in [7, 11) is 4.25. The molecule has 1 unspecified atom stereocenters. The lowest BCUT2D eigenvalue weighted by Crippen LogP contribution is -2.45. The highest BCUT2D eigenvalue weighted by atomic mass is 16.5. The quantitative estimate of drug-likeness (QED) is 0.759. The SMILES string of the molecule is CCC(COCc1ccccc1)(c1ccccc1)N(C)C. The van der Waals surface area contributed by atoms with Crippen molar-refractivity contribution in [3.63, 3.8) is 0 Å². The molecule has 2 rings (SSSR count). The van der Waals surface area contributed by atoms with E-state index in [1.165, 1.54) is 11.1 Å². The molecule has 0 fully saturated rings. The van der Waals surface area contributed by atoms with Crippen molar-refractivity contribution < 1.29 is 4.74 Å². The molecule has 0 amide bonds. The van der Waals surface area contributed by atoms with Crippen LogP contribution in [0.4, 0.5) is 0 Å². The average Bonchev–Trinajstić information content (AvgIpc) is 2.53. The molecule has 21 heavy (non-hydrogen) atoms. The van der Waals surface area contributed by atoms with Crippen molar-refractivity contribution in [2.24, 2.45) is 0 Å². The van der Waals surface area contributed by atoms with Crippen LogP contribution in [0.1, 0.15) is 24.5 Å². The van der Waals surface area contributed by atoms with Crippen molar-refractivity contribution in [1.82, 2.24) is 4.90 Å². The van der Waals surface area contributed by atoms with Gasteiger partial charge in [-0.05, 0) is 31.6 Å². The average molecular weight is 283 g/mol. The molecule has 0 saturated carbocycles. The highest BCUT2D eigenvalue weighted by Gasteiger charge is 2.33. The van der Waals surface area contributed by atoms with E-state index in [0.29, 0.717) is 13.2 Å². The first-order chi connectivity index (χ1) is 10.2. The molecule has 0 aromatic heterocycles. The van der Waals surface area contributed by atoms with Gasteiger partial charge < -0.3 is 4.74 Å². The van der Waals surface area contributed by atoms with Crippen molar-refractivity contribution in [2.45, 2.75) is 25.5 Å². The van der Waals surface area contributed by atoms with E-state index in [2.05, 4.69) is 80.5 Å². The van der Waals surface area contributed by atoms with E-state index in [9.17, 15) is 0 Å². The third kappa shape index (κ3) is 3.72. The summed E-state index contributed by atoms with van der Waals surface area (Å²) in [5.41, 5.74) is 2.45. The predicted molar refractivity (Wildman–Crippen MR) is 88.2 cm³/mol. The van der Waals surface area contributed by atoms with Gasteiger partial charge in [0.1, 0.15) is 0 Å². The lowest BCUT2D eigenvalue weighted by atomic mass is 9.87. The molecule has 0 saturated heterocycles. The Morgan fingerprint density at radius 1 is 0.905 bits per heavy atom. The molecule has 0 bridgehead atoms. The minimum atomic E-state index is -0.0734. The van der Waals surface area contributed by atoms with E-state index in [1.807, 2.05) is 6.07 Å². The monoisotopic (exact) mass is 283 g/mol. The number of rotatable bonds is 7. The van der Waals surface area contributed by atoms with Gasteiger partial charge in [0, 0.05) is 0 Å². The molecule has 0 heterocycles. The molecule has 0 spiro atoms. The van der Waals surface area contributed by atoms with Crippen LogP contribution in [0.3, 0.4) is 0 Å². The number of benzene rings is 2. The van der Waals surface area contributed by atoms with Crippen LogP contribution in [0.2, 0.25) is 0 Å². The normalized spacial score (nSPS) is 14.1. The molecular formula is C19H25NO. The molecule has 112 valence electrons. The van der Waals surface area contributed by atoms with Gasteiger partial charge in [-0.15, -0.1) is 0 Å². The van der Waals surface area contributed by atoms with Crippen molar-refractivity contribution >= 4 is 0 Å². The Morgan fingerprint density at radius 3 is 2.00 bits per heavy atom. The minimum Gasteiger partial charge on any atom is -0.374 e. The summed E-state index contributed by atoms with van der Waals surface area (Å²) in [6, 6.07) is 21.0. The molecular weight excluding hydrogens is 258 g/mol. The van der Waals surface area contributed by atoms with Crippen LogP contribution in [0.15, 0.2) is 60.7 Å². The maximum absolute atomic E-state index is 6.05. The number of nitrogens with zero attached hydrogens (tertiary/aromatic N) is 1. The summed E-state index contributed by atoms with van der Waals surface area (Å²) in [4.78, 5) is 2.27. The van der Waals surface area contributed by atoms with Gasteiger partial charge in [-0.3, -0.25) is 4.90 Å². The summed E-state index contributed by atoms with van der Waals surface area (Å²) < 4.78 is 6.05. The first-order valence-corrected chi connectivity index (χ1v) is 7.53. The summed E-state index contributed by atoms with van der Waals surface area (Å²) in [6.45, 7) is 3.57. The van der Waals surface area contributed by atoms with Crippen molar-refractivity contribution in [1.29, 1.82) is 0 Å². The maximum Gasteiger partial charge on any atom is 0.0717 e. The second-order valence-corrected chi connectivity index (χ2v) is 5.62. The molecule has 0 aliphatic rings. The summed E-state index contributed by atoms with van der Waals surface area (Å²) in [5, 5.41) is 0. The lowest BCUT2D eigenvalue weighted by molar-refractivity contribution is 0.00203. The largest absolute Gasteiger partial charge is 0.374 e. The third-order valence-electron chi connectivity index (χ3n) is 4.20. The van der Waals surface area contributed by atoms with E-state index < -0.39 is 0 Å².